The number of benzene rings is 2. The summed E-state index contributed by atoms with van der Waals surface area (Å²) in [6.07, 6.45) is 3.01. The van der Waals surface area contributed by atoms with E-state index in [-0.39, 0.29) is 28.1 Å². The van der Waals surface area contributed by atoms with Gasteiger partial charge in [-0.25, -0.2) is 0 Å². The first-order valence-electron chi connectivity index (χ1n) is 9.07. The number of carbonyl (C=O) groups excluding carboxylic acids is 3. The number of hydrogen-bond donors (Lipinski definition) is 1. The fourth-order valence-electron chi connectivity index (χ4n) is 4.33. The van der Waals surface area contributed by atoms with Crippen LogP contribution in [-0.2, 0) is 17.6 Å². The van der Waals surface area contributed by atoms with Crippen LogP contribution >= 0.6 is 11.8 Å². The Balaban J connectivity index is 1.42. The number of amides is 2. The van der Waals surface area contributed by atoms with Crippen molar-refractivity contribution in [2.75, 3.05) is 0 Å². The van der Waals surface area contributed by atoms with E-state index >= 15 is 0 Å². The van der Waals surface area contributed by atoms with Crippen LogP contribution in [0.2, 0.25) is 0 Å². The zero-order valence-electron chi connectivity index (χ0n) is 14.5. The molecular formula is C21H17NO4S. The van der Waals surface area contributed by atoms with Gasteiger partial charge >= 0.3 is 0 Å². The monoisotopic (exact) mass is 379 g/mol. The van der Waals surface area contributed by atoms with Gasteiger partial charge in [-0.3, -0.25) is 19.7 Å². The molecule has 0 spiro atoms. The van der Waals surface area contributed by atoms with Gasteiger partial charge in [0.05, 0.1) is 5.56 Å². The highest BCUT2D eigenvalue weighted by Gasteiger charge is 2.41. The Morgan fingerprint density at radius 1 is 1.00 bits per heavy atom. The van der Waals surface area contributed by atoms with E-state index < -0.39 is 0 Å². The highest BCUT2D eigenvalue weighted by atomic mass is 32.2. The largest absolute Gasteiger partial charge is 0.457 e. The molecule has 3 aliphatic rings. The van der Waals surface area contributed by atoms with Crippen LogP contribution in [0.15, 0.2) is 36.4 Å². The number of rotatable bonds is 3. The number of carbonyl (C=O) groups is 3. The number of Topliss-reactive ketones (excluding diaryl/α,β-unsaturated/α-hetero) is 1. The van der Waals surface area contributed by atoms with Crippen LogP contribution in [0, 0.1) is 0 Å². The molecule has 2 amide bonds. The summed E-state index contributed by atoms with van der Waals surface area (Å²) in [4.78, 5) is 35.7. The topological polar surface area (TPSA) is 72.5 Å². The van der Waals surface area contributed by atoms with Gasteiger partial charge in [0, 0.05) is 12.3 Å². The molecule has 1 N–H and O–H groups in total. The molecule has 2 atom stereocenters. The molecule has 0 radical (unpaired) electrons. The summed E-state index contributed by atoms with van der Waals surface area (Å²) in [5.41, 5.74) is 4.00. The maximum absolute atomic E-state index is 12.2. The van der Waals surface area contributed by atoms with E-state index in [1.165, 1.54) is 0 Å². The normalized spacial score (nSPS) is 23.3. The SMILES string of the molecule is O=C1NC(=O)C([C@@H]2CCc3cc(Oc4cccc5c4C(=O)CC5)ccc32)S1. The van der Waals surface area contributed by atoms with Crippen molar-refractivity contribution in [1.29, 1.82) is 0 Å². The summed E-state index contributed by atoms with van der Waals surface area (Å²) in [5, 5.41) is 1.77. The Morgan fingerprint density at radius 3 is 2.70 bits per heavy atom. The van der Waals surface area contributed by atoms with Crippen molar-refractivity contribution in [3.05, 3.63) is 58.7 Å². The highest BCUT2D eigenvalue weighted by Crippen LogP contribution is 2.44. The Kier molecular flexibility index (Phi) is 3.82. The van der Waals surface area contributed by atoms with Crippen molar-refractivity contribution in [2.24, 2.45) is 0 Å². The minimum absolute atomic E-state index is 0.0491. The van der Waals surface area contributed by atoms with Crippen molar-refractivity contribution in [3.8, 4) is 11.5 Å². The first-order chi connectivity index (χ1) is 13.1. The van der Waals surface area contributed by atoms with Crippen LogP contribution in [0.25, 0.3) is 0 Å². The predicted molar refractivity (Wildman–Crippen MR) is 102 cm³/mol. The first-order valence-corrected chi connectivity index (χ1v) is 9.95. The smallest absolute Gasteiger partial charge is 0.286 e. The van der Waals surface area contributed by atoms with Gasteiger partial charge in [0.25, 0.3) is 5.24 Å². The number of hydrogen-bond acceptors (Lipinski definition) is 5. The number of thioether (sulfide) groups is 1. The van der Waals surface area contributed by atoms with Crippen LogP contribution in [0.5, 0.6) is 11.5 Å². The molecular weight excluding hydrogens is 362 g/mol. The number of ketones is 1. The average Bonchev–Trinajstić information content (AvgIpc) is 3.32. The predicted octanol–water partition coefficient (Wildman–Crippen LogP) is 3.99. The van der Waals surface area contributed by atoms with E-state index in [0.29, 0.717) is 23.5 Å². The third kappa shape index (κ3) is 2.75. The molecule has 136 valence electrons. The molecule has 1 unspecified atom stereocenters. The molecule has 27 heavy (non-hydrogen) atoms. The maximum Gasteiger partial charge on any atom is 0.286 e. The molecule has 6 heteroatoms. The van der Waals surface area contributed by atoms with E-state index in [1.807, 2.05) is 36.4 Å². The minimum Gasteiger partial charge on any atom is -0.457 e. The number of ether oxygens (including phenoxy) is 1. The average molecular weight is 379 g/mol. The fourth-order valence-corrected chi connectivity index (χ4v) is 5.33. The van der Waals surface area contributed by atoms with E-state index in [0.717, 1.165) is 47.7 Å². The summed E-state index contributed by atoms with van der Waals surface area (Å²) < 4.78 is 6.06. The standard InChI is InChI=1S/C21H17NO4S/c23-16-9-5-11-2-1-3-17(18(11)16)26-13-6-8-14-12(10-13)4-7-15(14)19-20(24)22-21(25)27-19/h1-3,6,8,10,15,19H,4-5,7,9H2,(H,22,24,25)/t15-,19?/m1/s1. The lowest BCUT2D eigenvalue weighted by Gasteiger charge is -2.16. The van der Waals surface area contributed by atoms with E-state index in [2.05, 4.69) is 5.32 Å². The van der Waals surface area contributed by atoms with Gasteiger partial charge in [-0.2, -0.15) is 0 Å². The van der Waals surface area contributed by atoms with Crippen LogP contribution in [0.1, 0.15) is 45.8 Å². The summed E-state index contributed by atoms with van der Waals surface area (Å²) in [7, 11) is 0. The lowest BCUT2D eigenvalue weighted by Crippen LogP contribution is -2.27. The second-order valence-corrected chi connectivity index (χ2v) is 8.25. The lowest BCUT2D eigenvalue weighted by atomic mass is 9.97. The molecule has 1 saturated heterocycles. The number of nitrogens with one attached hydrogen (secondary N) is 1. The Hall–Kier alpha value is -2.60. The van der Waals surface area contributed by atoms with Gasteiger partial charge in [0.1, 0.15) is 16.7 Å². The zero-order chi connectivity index (χ0) is 18.5. The molecule has 5 nitrogen and oxygen atoms in total. The van der Waals surface area contributed by atoms with Crippen LogP contribution < -0.4 is 10.1 Å². The second kappa shape index (κ2) is 6.23. The Morgan fingerprint density at radius 2 is 1.89 bits per heavy atom. The van der Waals surface area contributed by atoms with Crippen molar-refractivity contribution < 1.29 is 19.1 Å². The van der Waals surface area contributed by atoms with Crippen molar-refractivity contribution in [2.45, 2.75) is 36.9 Å². The molecule has 1 fully saturated rings. The first kappa shape index (κ1) is 16.6. The second-order valence-electron chi connectivity index (χ2n) is 7.14. The highest BCUT2D eigenvalue weighted by molar-refractivity contribution is 8.15. The third-order valence-corrected chi connectivity index (χ3v) is 6.67. The minimum atomic E-state index is -0.347. The molecule has 1 aliphatic heterocycles. The van der Waals surface area contributed by atoms with Gasteiger partial charge < -0.3 is 4.74 Å². The van der Waals surface area contributed by atoms with Crippen LogP contribution in [-0.4, -0.2) is 22.2 Å². The molecule has 0 saturated carbocycles. The van der Waals surface area contributed by atoms with Crippen LogP contribution in [0.4, 0.5) is 4.79 Å². The van der Waals surface area contributed by atoms with Gasteiger partial charge in [-0.1, -0.05) is 30.0 Å². The molecule has 2 aliphatic carbocycles. The maximum atomic E-state index is 12.2. The number of fused-ring (bicyclic) bond motifs is 2. The zero-order valence-corrected chi connectivity index (χ0v) is 15.3. The van der Waals surface area contributed by atoms with Gasteiger partial charge in [0.15, 0.2) is 5.78 Å². The van der Waals surface area contributed by atoms with Gasteiger partial charge in [-0.05, 0) is 54.2 Å². The summed E-state index contributed by atoms with van der Waals surface area (Å²) >= 11 is 1.09. The summed E-state index contributed by atoms with van der Waals surface area (Å²) in [6.45, 7) is 0. The molecule has 5 rings (SSSR count). The summed E-state index contributed by atoms with van der Waals surface area (Å²) in [5.74, 6) is 1.30. The van der Waals surface area contributed by atoms with Crippen molar-refractivity contribution >= 4 is 28.7 Å². The fraction of sp³-hybridized carbons (Fsp3) is 0.286. The number of aryl methyl sites for hydroxylation is 2. The van der Waals surface area contributed by atoms with Gasteiger partial charge in [-0.15, -0.1) is 0 Å². The molecule has 2 aromatic rings. The van der Waals surface area contributed by atoms with E-state index in [4.69, 9.17) is 4.74 Å². The molecule has 2 aromatic carbocycles. The Labute approximate surface area is 160 Å². The van der Waals surface area contributed by atoms with Gasteiger partial charge in [0.2, 0.25) is 5.91 Å². The van der Waals surface area contributed by atoms with E-state index in [1.54, 1.807) is 0 Å². The molecule has 0 aromatic heterocycles. The quantitative estimate of drug-likeness (QED) is 0.873. The molecule has 0 bridgehead atoms. The Bertz CT molecular complexity index is 1000. The summed E-state index contributed by atoms with van der Waals surface area (Å²) in [6, 6.07) is 11.6. The number of imide groups is 1. The van der Waals surface area contributed by atoms with Crippen molar-refractivity contribution in [1.82, 2.24) is 5.32 Å². The van der Waals surface area contributed by atoms with Crippen molar-refractivity contribution in [3.63, 3.8) is 0 Å². The lowest BCUT2D eigenvalue weighted by molar-refractivity contribution is -0.119. The third-order valence-electron chi connectivity index (χ3n) is 5.56. The van der Waals surface area contributed by atoms with E-state index in [9.17, 15) is 14.4 Å². The molecule has 1 heterocycles. The van der Waals surface area contributed by atoms with Crippen LogP contribution in [0.3, 0.4) is 0 Å².